The van der Waals surface area contributed by atoms with Crippen LogP contribution in [0.3, 0.4) is 0 Å². The van der Waals surface area contributed by atoms with E-state index in [9.17, 15) is 0 Å². The second-order valence-electron chi connectivity index (χ2n) is 4.27. The van der Waals surface area contributed by atoms with Crippen LogP contribution in [0, 0.1) is 13.8 Å². The molecule has 1 aromatic heterocycles. The van der Waals surface area contributed by atoms with E-state index in [0.717, 1.165) is 22.6 Å². The number of ether oxygens (including phenoxy) is 1. The summed E-state index contributed by atoms with van der Waals surface area (Å²) < 4.78 is 7.45. The zero-order chi connectivity index (χ0) is 13.1. The maximum absolute atomic E-state index is 9.17. The minimum absolute atomic E-state index is 0.126. The summed E-state index contributed by atoms with van der Waals surface area (Å²) in [6.45, 7) is 4.25. The van der Waals surface area contributed by atoms with Crippen LogP contribution in [0.4, 0.5) is 0 Å². The molecule has 18 heavy (non-hydrogen) atoms. The Labute approximate surface area is 106 Å². The molecule has 0 spiro atoms. The number of benzene rings is 1. The van der Waals surface area contributed by atoms with E-state index in [2.05, 4.69) is 10.3 Å². The number of nitrogens with zero attached hydrogens (tertiary/aromatic N) is 3. The molecule has 5 nitrogen and oxygen atoms in total. The van der Waals surface area contributed by atoms with Crippen LogP contribution < -0.4 is 4.74 Å². The molecule has 0 fully saturated rings. The third-order valence-electron chi connectivity index (χ3n) is 2.94. The molecule has 0 aliphatic carbocycles. The highest BCUT2D eigenvalue weighted by atomic mass is 16.5. The fraction of sp³-hybridized carbons (Fsp3) is 0.385. The van der Waals surface area contributed by atoms with Gasteiger partial charge in [-0.25, -0.2) is 4.68 Å². The summed E-state index contributed by atoms with van der Waals surface area (Å²) in [5, 5.41) is 16.9. The Morgan fingerprint density at radius 3 is 2.56 bits per heavy atom. The highest BCUT2D eigenvalue weighted by Crippen LogP contribution is 2.23. The zero-order valence-electron chi connectivity index (χ0n) is 10.8. The lowest BCUT2D eigenvalue weighted by Crippen LogP contribution is -2.07. The van der Waals surface area contributed by atoms with Crippen molar-refractivity contribution in [2.45, 2.75) is 27.1 Å². The minimum Gasteiger partial charge on any atom is -0.487 e. The molecule has 2 rings (SSSR count). The molecule has 0 bridgehead atoms. The first-order valence-electron chi connectivity index (χ1n) is 5.80. The fourth-order valence-corrected chi connectivity index (χ4v) is 1.89. The maximum atomic E-state index is 9.17. The summed E-state index contributed by atoms with van der Waals surface area (Å²) in [5.41, 5.74) is 3.54. The van der Waals surface area contributed by atoms with Crippen LogP contribution in [0.5, 0.6) is 5.75 Å². The number of aromatic nitrogens is 3. The van der Waals surface area contributed by atoms with E-state index in [-0.39, 0.29) is 6.61 Å². The van der Waals surface area contributed by atoms with Gasteiger partial charge in [-0.15, -0.1) is 5.10 Å². The molecule has 0 atom stereocenters. The Hall–Kier alpha value is -1.88. The van der Waals surface area contributed by atoms with Crippen LogP contribution >= 0.6 is 0 Å². The van der Waals surface area contributed by atoms with Crippen molar-refractivity contribution in [3.05, 3.63) is 40.7 Å². The molecular formula is C13H17N3O2. The SMILES string of the molecule is Cc1cccc(C)c1OCc1c(CO)nnn1C. The number of rotatable bonds is 4. The third kappa shape index (κ3) is 2.36. The molecule has 0 unspecified atom stereocenters. The van der Waals surface area contributed by atoms with Crippen molar-refractivity contribution in [3.8, 4) is 5.75 Å². The molecule has 0 aliphatic heterocycles. The average Bonchev–Trinajstić information content (AvgIpc) is 2.70. The van der Waals surface area contributed by atoms with E-state index in [1.165, 1.54) is 0 Å². The van der Waals surface area contributed by atoms with Crippen molar-refractivity contribution in [1.82, 2.24) is 15.0 Å². The first-order valence-corrected chi connectivity index (χ1v) is 5.80. The van der Waals surface area contributed by atoms with Gasteiger partial charge < -0.3 is 9.84 Å². The van der Waals surface area contributed by atoms with Crippen LogP contribution in [-0.2, 0) is 20.3 Å². The van der Waals surface area contributed by atoms with Crippen LogP contribution in [0.1, 0.15) is 22.5 Å². The standard InChI is InChI=1S/C13H17N3O2/c1-9-5-4-6-10(2)13(9)18-8-12-11(7-17)14-15-16(12)3/h4-6,17H,7-8H2,1-3H3. The second kappa shape index (κ2) is 5.18. The minimum atomic E-state index is -0.126. The van der Waals surface area contributed by atoms with Crippen molar-refractivity contribution < 1.29 is 9.84 Å². The first kappa shape index (κ1) is 12.6. The van der Waals surface area contributed by atoms with Crippen molar-refractivity contribution >= 4 is 0 Å². The zero-order valence-corrected chi connectivity index (χ0v) is 10.8. The van der Waals surface area contributed by atoms with E-state index in [4.69, 9.17) is 9.84 Å². The molecule has 1 N–H and O–H groups in total. The number of hydrogen-bond donors (Lipinski definition) is 1. The highest BCUT2D eigenvalue weighted by Gasteiger charge is 2.11. The average molecular weight is 247 g/mol. The van der Waals surface area contributed by atoms with E-state index >= 15 is 0 Å². The van der Waals surface area contributed by atoms with Gasteiger partial charge in [-0.3, -0.25) is 0 Å². The van der Waals surface area contributed by atoms with Gasteiger partial charge in [-0.1, -0.05) is 23.4 Å². The van der Waals surface area contributed by atoms with Crippen LogP contribution in [0.15, 0.2) is 18.2 Å². The van der Waals surface area contributed by atoms with Crippen molar-refractivity contribution in [3.63, 3.8) is 0 Å². The van der Waals surface area contributed by atoms with Gasteiger partial charge in [0.1, 0.15) is 23.7 Å². The monoisotopic (exact) mass is 247 g/mol. The molecular weight excluding hydrogens is 230 g/mol. The lowest BCUT2D eigenvalue weighted by atomic mass is 10.1. The summed E-state index contributed by atoms with van der Waals surface area (Å²) in [6, 6.07) is 6.02. The van der Waals surface area contributed by atoms with Gasteiger partial charge in [-0.05, 0) is 25.0 Å². The van der Waals surface area contributed by atoms with Gasteiger partial charge >= 0.3 is 0 Å². The Bertz CT molecular complexity index is 529. The molecule has 2 aromatic rings. The van der Waals surface area contributed by atoms with Gasteiger partial charge in [0.05, 0.1) is 6.61 Å². The summed E-state index contributed by atoms with van der Waals surface area (Å²) in [5.74, 6) is 0.877. The van der Waals surface area contributed by atoms with Gasteiger partial charge in [0.15, 0.2) is 0 Å². The predicted molar refractivity (Wildman–Crippen MR) is 67.2 cm³/mol. The molecule has 5 heteroatoms. The van der Waals surface area contributed by atoms with Gasteiger partial charge in [0.25, 0.3) is 0 Å². The van der Waals surface area contributed by atoms with Crippen molar-refractivity contribution in [2.75, 3.05) is 0 Å². The Balaban J connectivity index is 2.19. The predicted octanol–water partition coefficient (Wildman–Crippen LogP) is 1.50. The number of hydrogen-bond acceptors (Lipinski definition) is 4. The number of para-hydroxylation sites is 1. The molecule has 0 saturated carbocycles. The maximum Gasteiger partial charge on any atom is 0.132 e. The Morgan fingerprint density at radius 1 is 1.28 bits per heavy atom. The molecule has 0 amide bonds. The molecule has 0 aliphatic rings. The van der Waals surface area contributed by atoms with Crippen LogP contribution in [-0.4, -0.2) is 20.1 Å². The quantitative estimate of drug-likeness (QED) is 0.889. The first-order chi connectivity index (χ1) is 8.63. The summed E-state index contributed by atoms with van der Waals surface area (Å²) in [6.07, 6.45) is 0. The van der Waals surface area contributed by atoms with E-state index in [0.29, 0.717) is 12.3 Å². The summed E-state index contributed by atoms with van der Waals surface area (Å²) >= 11 is 0. The largest absolute Gasteiger partial charge is 0.487 e. The topological polar surface area (TPSA) is 60.2 Å². The van der Waals surface area contributed by atoms with Gasteiger partial charge in [-0.2, -0.15) is 0 Å². The third-order valence-corrected chi connectivity index (χ3v) is 2.94. The van der Waals surface area contributed by atoms with Crippen LogP contribution in [0.2, 0.25) is 0 Å². The smallest absolute Gasteiger partial charge is 0.132 e. The molecule has 96 valence electrons. The number of aliphatic hydroxyl groups excluding tert-OH is 1. The second-order valence-corrected chi connectivity index (χ2v) is 4.27. The van der Waals surface area contributed by atoms with Gasteiger partial charge in [0, 0.05) is 7.05 Å². The van der Waals surface area contributed by atoms with E-state index < -0.39 is 0 Å². The van der Waals surface area contributed by atoms with Gasteiger partial charge in [0.2, 0.25) is 0 Å². The summed E-state index contributed by atoms with van der Waals surface area (Å²) in [7, 11) is 1.79. The number of aryl methyl sites for hydroxylation is 3. The van der Waals surface area contributed by atoms with Crippen molar-refractivity contribution in [2.24, 2.45) is 7.05 Å². The Morgan fingerprint density at radius 2 is 1.94 bits per heavy atom. The highest BCUT2D eigenvalue weighted by molar-refractivity contribution is 5.39. The lowest BCUT2D eigenvalue weighted by molar-refractivity contribution is 0.261. The molecule has 1 heterocycles. The van der Waals surface area contributed by atoms with Crippen molar-refractivity contribution in [1.29, 1.82) is 0 Å². The van der Waals surface area contributed by atoms with E-state index in [1.807, 2.05) is 32.0 Å². The fourth-order valence-electron chi connectivity index (χ4n) is 1.89. The Kier molecular flexibility index (Phi) is 3.62. The van der Waals surface area contributed by atoms with Crippen LogP contribution in [0.25, 0.3) is 0 Å². The molecule has 0 saturated heterocycles. The summed E-state index contributed by atoms with van der Waals surface area (Å²) in [4.78, 5) is 0. The molecule has 0 radical (unpaired) electrons. The normalized spacial score (nSPS) is 10.7. The molecule has 1 aromatic carbocycles. The number of aliphatic hydroxyl groups is 1. The lowest BCUT2D eigenvalue weighted by Gasteiger charge is -2.12. The van der Waals surface area contributed by atoms with E-state index in [1.54, 1.807) is 11.7 Å².